The summed E-state index contributed by atoms with van der Waals surface area (Å²) in [5, 5.41) is 9.43. The van der Waals surface area contributed by atoms with Crippen LogP contribution in [0.1, 0.15) is 11.4 Å². The number of pyridine rings is 2. The number of aryl methyl sites for hydroxylation is 4. The predicted octanol–water partition coefficient (Wildman–Crippen LogP) is 3.34. The largest absolute Gasteiger partial charge is 0.311 e. The van der Waals surface area contributed by atoms with Crippen molar-refractivity contribution >= 4 is 21.8 Å². The number of aromatic amines is 1. The van der Waals surface area contributed by atoms with E-state index in [0.717, 1.165) is 21.8 Å². The van der Waals surface area contributed by atoms with Crippen LogP contribution in [0.25, 0.3) is 44.4 Å². The average molecular weight is 493 g/mol. The van der Waals surface area contributed by atoms with Gasteiger partial charge in [-0.25, -0.2) is 9.36 Å². The van der Waals surface area contributed by atoms with Crippen LogP contribution in [-0.2, 0) is 14.1 Å². The number of nitrogens with one attached hydrogen (secondary N) is 1. The lowest BCUT2D eigenvalue weighted by Crippen LogP contribution is -2.22. The van der Waals surface area contributed by atoms with Crippen LogP contribution in [0.3, 0.4) is 0 Å². The number of hydrogen-bond donors (Lipinski definition) is 1. The van der Waals surface area contributed by atoms with Crippen LogP contribution in [0.2, 0.25) is 0 Å². The maximum atomic E-state index is 13.9. The van der Waals surface area contributed by atoms with Gasteiger partial charge in [0.15, 0.2) is 0 Å². The lowest BCUT2D eigenvalue weighted by Gasteiger charge is -2.12. The molecule has 0 saturated heterocycles. The number of aromatic nitrogens is 6. The Morgan fingerprint density at radius 1 is 0.730 bits per heavy atom. The van der Waals surface area contributed by atoms with Gasteiger partial charge in [0.1, 0.15) is 0 Å². The first-order valence-corrected chi connectivity index (χ1v) is 11.8. The molecule has 9 heteroatoms. The van der Waals surface area contributed by atoms with Gasteiger partial charge < -0.3 is 9.13 Å². The van der Waals surface area contributed by atoms with Crippen molar-refractivity contribution in [1.82, 2.24) is 28.7 Å². The molecular formula is C28H24N6O3. The maximum Gasteiger partial charge on any atom is 0.280 e. The molecule has 37 heavy (non-hydrogen) atoms. The van der Waals surface area contributed by atoms with E-state index in [9.17, 15) is 14.4 Å². The van der Waals surface area contributed by atoms with Crippen LogP contribution in [-0.4, -0.2) is 28.7 Å². The van der Waals surface area contributed by atoms with E-state index < -0.39 is 0 Å². The summed E-state index contributed by atoms with van der Waals surface area (Å²) in [6.45, 7) is 3.66. The average Bonchev–Trinajstić information content (AvgIpc) is 3.41. The zero-order chi connectivity index (χ0) is 26.0. The van der Waals surface area contributed by atoms with Crippen molar-refractivity contribution in [2.24, 2.45) is 14.1 Å². The summed E-state index contributed by atoms with van der Waals surface area (Å²) in [5.74, 6) is 0. The fourth-order valence-electron chi connectivity index (χ4n) is 5.03. The Hall–Kier alpha value is -4.92. The Bertz CT molecular complexity index is 2050. The molecule has 0 amide bonds. The topological polar surface area (TPSA) is 99.6 Å². The minimum absolute atomic E-state index is 0.178. The van der Waals surface area contributed by atoms with Crippen LogP contribution >= 0.6 is 0 Å². The highest BCUT2D eigenvalue weighted by Crippen LogP contribution is 2.28. The van der Waals surface area contributed by atoms with Crippen molar-refractivity contribution in [1.29, 1.82) is 0 Å². The van der Waals surface area contributed by atoms with Gasteiger partial charge >= 0.3 is 0 Å². The Morgan fingerprint density at radius 3 is 1.89 bits per heavy atom. The second-order valence-corrected chi connectivity index (χ2v) is 9.22. The van der Waals surface area contributed by atoms with Gasteiger partial charge in [-0.05, 0) is 32.0 Å². The smallest absolute Gasteiger partial charge is 0.280 e. The van der Waals surface area contributed by atoms with Gasteiger partial charge in [0, 0.05) is 42.7 Å². The summed E-state index contributed by atoms with van der Waals surface area (Å²) in [5.41, 5.74) is 4.12. The summed E-state index contributed by atoms with van der Waals surface area (Å²) in [7, 11) is 3.44. The molecule has 0 atom stereocenters. The first kappa shape index (κ1) is 22.5. The molecule has 0 spiro atoms. The number of H-pyrrole nitrogens is 1. The molecule has 0 fully saturated rings. The highest BCUT2D eigenvalue weighted by molar-refractivity contribution is 5.89. The van der Waals surface area contributed by atoms with Gasteiger partial charge in [-0.3, -0.25) is 19.5 Å². The monoisotopic (exact) mass is 492 g/mol. The van der Waals surface area contributed by atoms with E-state index in [1.807, 2.05) is 68.4 Å². The van der Waals surface area contributed by atoms with Crippen molar-refractivity contribution in [3.8, 4) is 22.6 Å². The van der Waals surface area contributed by atoms with E-state index in [1.165, 1.54) is 16.8 Å². The normalized spacial score (nSPS) is 11.6. The van der Waals surface area contributed by atoms with Gasteiger partial charge in [-0.2, -0.15) is 5.10 Å². The quantitative estimate of drug-likeness (QED) is 0.410. The number of hydrogen-bond acceptors (Lipinski definition) is 4. The molecule has 4 heterocycles. The molecule has 0 saturated carbocycles. The molecule has 6 aromatic rings. The fourth-order valence-corrected chi connectivity index (χ4v) is 5.03. The molecule has 184 valence electrons. The van der Waals surface area contributed by atoms with E-state index in [0.29, 0.717) is 34.0 Å². The van der Waals surface area contributed by atoms with Crippen LogP contribution in [0.5, 0.6) is 0 Å². The highest BCUT2D eigenvalue weighted by Gasteiger charge is 2.22. The Labute approximate surface area is 210 Å². The summed E-state index contributed by atoms with van der Waals surface area (Å²) < 4.78 is 6.21. The lowest BCUT2D eigenvalue weighted by atomic mass is 10.1. The molecule has 0 aliphatic heterocycles. The van der Waals surface area contributed by atoms with E-state index in [1.54, 1.807) is 27.9 Å². The number of benzene rings is 2. The fraction of sp³-hybridized carbons (Fsp3) is 0.143. The van der Waals surface area contributed by atoms with E-state index in [2.05, 4.69) is 10.2 Å². The van der Waals surface area contributed by atoms with Gasteiger partial charge in [0.05, 0.1) is 39.4 Å². The minimum atomic E-state index is -0.315. The molecule has 0 aliphatic rings. The summed E-state index contributed by atoms with van der Waals surface area (Å²) >= 11 is 0. The molecule has 2 aromatic carbocycles. The summed E-state index contributed by atoms with van der Waals surface area (Å²) in [4.78, 5) is 39.4. The Kier molecular flexibility index (Phi) is 4.91. The molecule has 0 bridgehead atoms. The standard InChI is InChI=1S/C28H24N6O3/c1-16-13-24(33(29-16)22-14-25(35)31(3)20-11-7-5-9-18(20)22)27-17(2)30-34(28(27)37)23-15-26(36)32(4)21-12-8-6-10-19(21)23/h5-15,30H,1-4H3. The second-order valence-electron chi connectivity index (χ2n) is 9.22. The predicted molar refractivity (Wildman–Crippen MR) is 144 cm³/mol. The third-order valence-electron chi connectivity index (χ3n) is 6.89. The second kappa shape index (κ2) is 8.06. The first-order chi connectivity index (χ1) is 17.8. The number of rotatable bonds is 3. The number of fused-ring (bicyclic) bond motifs is 2. The maximum absolute atomic E-state index is 13.9. The van der Waals surface area contributed by atoms with Crippen LogP contribution in [0.4, 0.5) is 0 Å². The Balaban J connectivity index is 1.64. The van der Waals surface area contributed by atoms with E-state index in [-0.39, 0.29) is 16.7 Å². The lowest BCUT2D eigenvalue weighted by molar-refractivity contribution is 0.826. The molecule has 6 rings (SSSR count). The molecule has 0 aliphatic carbocycles. The number of para-hydroxylation sites is 2. The highest BCUT2D eigenvalue weighted by atomic mass is 16.1. The minimum Gasteiger partial charge on any atom is -0.311 e. The molecular weight excluding hydrogens is 468 g/mol. The zero-order valence-electron chi connectivity index (χ0n) is 20.8. The third kappa shape index (κ3) is 3.31. The van der Waals surface area contributed by atoms with Crippen LogP contribution in [0.15, 0.2) is 81.1 Å². The molecule has 9 nitrogen and oxygen atoms in total. The van der Waals surface area contributed by atoms with Gasteiger partial charge in [0.25, 0.3) is 16.7 Å². The van der Waals surface area contributed by atoms with Crippen molar-refractivity contribution in [3.63, 3.8) is 0 Å². The van der Waals surface area contributed by atoms with Crippen molar-refractivity contribution in [2.75, 3.05) is 0 Å². The van der Waals surface area contributed by atoms with Crippen molar-refractivity contribution < 1.29 is 0 Å². The van der Waals surface area contributed by atoms with Crippen LogP contribution in [0, 0.1) is 13.8 Å². The summed E-state index contributed by atoms with van der Waals surface area (Å²) in [6, 6.07) is 19.9. The first-order valence-electron chi connectivity index (χ1n) is 11.8. The Morgan fingerprint density at radius 2 is 1.27 bits per heavy atom. The molecule has 4 aromatic heterocycles. The SMILES string of the molecule is Cc1cc(-c2c(C)[nH]n(-c3cc(=O)n(C)c4ccccc34)c2=O)n(-c2cc(=O)n(C)c3ccccc23)n1. The van der Waals surface area contributed by atoms with Crippen molar-refractivity contribution in [3.05, 3.63) is 109 Å². The molecule has 0 radical (unpaired) electrons. The number of nitrogens with zero attached hydrogens (tertiary/aromatic N) is 5. The zero-order valence-corrected chi connectivity index (χ0v) is 20.8. The van der Waals surface area contributed by atoms with Gasteiger partial charge in [-0.1, -0.05) is 36.4 Å². The van der Waals surface area contributed by atoms with Crippen molar-refractivity contribution in [2.45, 2.75) is 13.8 Å². The van der Waals surface area contributed by atoms with Crippen LogP contribution < -0.4 is 16.7 Å². The van der Waals surface area contributed by atoms with Gasteiger partial charge in [-0.15, -0.1) is 0 Å². The summed E-state index contributed by atoms with van der Waals surface area (Å²) in [6.07, 6.45) is 0. The molecule has 0 unspecified atom stereocenters. The van der Waals surface area contributed by atoms with E-state index >= 15 is 0 Å². The van der Waals surface area contributed by atoms with E-state index in [4.69, 9.17) is 0 Å². The third-order valence-corrected chi connectivity index (χ3v) is 6.89. The molecule has 1 N–H and O–H groups in total. The van der Waals surface area contributed by atoms with Gasteiger partial charge in [0.2, 0.25) is 0 Å².